The molecule has 0 radical (unpaired) electrons. The van der Waals surface area contributed by atoms with Crippen LogP contribution in [0.3, 0.4) is 0 Å². The van der Waals surface area contributed by atoms with Gasteiger partial charge in [-0.25, -0.2) is 13.4 Å². The van der Waals surface area contributed by atoms with Gasteiger partial charge in [-0.15, -0.1) is 11.3 Å². The van der Waals surface area contributed by atoms with Crippen LogP contribution in [0.1, 0.15) is 10.5 Å². The quantitative estimate of drug-likeness (QED) is 0.890. The molecule has 0 saturated heterocycles. The fraction of sp³-hybridized carbons (Fsp3) is 0.0909. The van der Waals surface area contributed by atoms with Crippen molar-refractivity contribution in [3.8, 4) is 0 Å². The lowest BCUT2D eigenvalue weighted by molar-refractivity contribution is 0.102. The summed E-state index contributed by atoms with van der Waals surface area (Å²) >= 11 is 1.10. The highest BCUT2D eigenvalue weighted by atomic mass is 32.2. The highest BCUT2D eigenvalue weighted by Crippen LogP contribution is 2.21. The number of nitrogens with zero attached hydrogens (tertiary/aromatic N) is 1. The van der Waals surface area contributed by atoms with Crippen molar-refractivity contribution in [3.05, 3.63) is 35.3 Å². The number of carbonyl (C=O) groups is 1. The van der Waals surface area contributed by atoms with Crippen LogP contribution >= 0.6 is 11.3 Å². The first-order valence-electron chi connectivity index (χ1n) is 5.45. The number of hydrogen-bond donors (Lipinski definition) is 2. The lowest BCUT2D eigenvalue weighted by Gasteiger charge is -2.06. The number of nitrogens with one attached hydrogen (secondary N) is 1. The molecule has 0 saturated carbocycles. The molecular formula is C11H9F2N3O3S2. The van der Waals surface area contributed by atoms with Crippen molar-refractivity contribution in [1.29, 1.82) is 0 Å². The predicted molar refractivity (Wildman–Crippen MR) is 74.1 cm³/mol. The molecule has 1 aromatic heterocycles. The van der Waals surface area contributed by atoms with E-state index in [0.29, 0.717) is 0 Å². The van der Waals surface area contributed by atoms with Gasteiger partial charge in [0.25, 0.3) is 5.91 Å². The average Bonchev–Trinajstić information content (AvgIpc) is 2.86. The summed E-state index contributed by atoms with van der Waals surface area (Å²) in [6.45, 7) is 0. The van der Waals surface area contributed by atoms with Gasteiger partial charge in [0.2, 0.25) is 9.84 Å². The molecule has 1 heterocycles. The maximum Gasteiger partial charge on any atom is 0.341 e. The van der Waals surface area contributed by atoms with Crippen LogP contribution in [0, 0.1) is 0 Å². The molecule has 0 unspecified atom stereocenters. The summed E-state index contributed by atoms with van der Waals surface area (Å²) in [6, 6.07) is 4.41. The van der Waals surface area contributed by atoms with Crippen molar-refractivity contribution >= 4 is 37.9 Å². The predicted octanol–water partition coefficient (Wildman–Crippen LogP) is 1.97. The third kappa shape index (κ3) is 3.34. The van der Waals surface area contributed by atoms with E-state index in [-0.39, 0.29) is 16.5 Å². The van der Waals surface area contributed by atoms with Crippen molar-refractivity contribution in [2.45, 2.75) is 10.7 Å². The van der Waals surface area contributed by atoms with E-state index in [4.69, 9.17) is 5.73 Å². The number of nitrogens with two attached hydrogens (primary N) is 1. The van der Waals surface area contributed by atoms with E-state index in [2.05, 4.69) is 10.3 Å². The van der Waals surface area contributed by atoms with Gasteiger partial charge >= 0.3 is 5.76 Å². The summed E-state index contributed by atoms with van der Waals surface area (Å²) in [5.41, 5.74) is 5.76. The Morgan fingerprint density at radius 3 is 2.38 bits per heavy atom. The van der Waals surface area contributed by atoms with Crippen molar-refractivity contribution in [2.75, 3.05) is 11.1 Å². The monoisotopic (exact) mass is 333 g/mol. The molecule has 10 heteroatoms. The van der Waals surface area contributed by atoms with E-state index in [0.717, 1.165) is 23.5 Å². The van der Waals surface area contributed by atoms with Crippen molar-refractivity contribution in [2.24, 2.45) is 0 Å². The number of carbonyl (C=O) groups excluding carboxylic acids is 1. The van der Waals surface area contributed by atoms with Crippen molar-refractivity contribution in [3.63, 3.8) is 0 Å². The minimum Gasteiger partial charge on any atom is -0.375 e. The van der Waals surface area contributed by atoms with Gasteiger partial charge in [0.15, 0.2) is 5.13 Å². The summed E-state index contributed by atoms with van der Waals surface area (Å²) in [5.74, 6) is -4.02. The Morgan fingerprint density at radius 2 is 1.90 bits per heavy atom. The lowest BCUT2D eigenvalue weighted by Crippen LogP contribution is -2.13. The van der Waals surface area contributed by atoms with Crippen LogP contribution in [-0.2, 0) is 9.84 Å². The summed E-state index contributed by atoms with van der Waals surface area (Å²) in [4.78, 5) is 15.0. The number of hydrogen-bond acceptors (Lipinski definition) is 6. The molecule has 0 aliphatic rings. The Morgan fingerprint density at radius 1 is 1.29 bits per heavy atom. The zero-order valence-electron chi connectivity index (χ0n) is 10.3. The van der Waals surface area contributed by atoms with Gasteiger partial charge in [-0.3, -0.25) is 4.79 Å². The van der Waals surface area contributed by atoms with Crippen LogP contribution in [0.4, 0.5) is 19.6 Å². The molecule has 2 rings (SSSR count). The average molecular weight is 333 g/mol. The van der Waals surface area contributed by atoms with E-state index in [1.54, 1.807) is 0 Å². The summed E-state index contributed by atoms with van der Waals surface area (Å²) in [5, 5.41) is 4.14. The third-order valence-electron chi connectivity index (χ3n) is 2.43. The number of amides is 1. The standard InChI is InChI=1S/C11H9F2N3O3S2/c12-10(13)21(18,19)7-3-1-6(2-4-7)15-9(17)8-5-20-11(14)16-8/h1-5,10H,(H2,14,16)(H,15,17). The number of sulfone groups is 1. The molecule has 0 fully saturated rings. The second kappa shape index (κ2) is 5.74. The maximum absolute atomic E-state index is 12.4. The van der Waals surface area contributed by atoms with E-state index in [9.17, 15) is 22.0 Å². The Hall–Kier alpha value is -2.07. The Bertz CT molecular complexity index is 757. The van der Waals surface area contributed by atoms with Gasteiger partial charge in [-0.2, -0.15) is 8.78 Å². The number of thiazole rings is 1. The fourth-order valence-corrected chi connectivity index (χ4v) is 2.68. The fourth-order valence-electron chi connectivity index (χ4n) is 1.42. The van der Waals surface area contributed by atoms with Gasteiger partial charge in [-0.05, 0) is 24.3 Å². The molecule has 0 aliphatic carbocycles. The molecule has 0 spiro atoms. The van der Waals surface area contributed by atoms with Crippen LogP contribution in [0.2, 0.25) is 0 Å². The summed E-state index contributed by atoms with van der Waals surface area (Å²) in [6.07, 6.45) is 0. The molecule has 112 valence electrons. The van der Waals surface area contributed by atoms with E-state index in [1.807, 2.05) is 0 Å². The number of alkyl halides is 2. The number of benzene rings is 1. The molecule has 2 aromatic rings. The summed E-state index contributed by atoms with van der Waals surface area (Å²) in [7, 11) is -4.64. The molecule has 3 N–H and O–H groups in total. The van der Waals surface area contributed by atoms with E-state index < -0.39 is 26.4 Å². The first kappa shape index (κ1) is 15.3. The Balaban J connectivity index is 2.15. The van der Waals surface area contributed by atoms with Gasteiger partial charge in [-0.1, -0.05) is 0 Å². The van der Waals surface area contributed by atoms with Crippen LogP contribution in [0.25, 0.3) is 0 Å². The number of aromatic nitrogens is 1. The van der Waals surface area contributed by atoms with Gasteiger partial charge in [0.1, 0.15) is 5.69 Å². The SMILES string of the molecule is Nc1nc(C(=O)Nc2ccc(S(=O)(=O)C(F)F)cc2)cs1. The minimum atomic E-state index is -4.64. The number of rotatable bonds is 4. The summed E-state index contributed by atoms with van der Waals surface area (Å²) < 4.78 is 47.2. The molecule has 21 heavy (non-hydrogen) atoms. The minimum absolute atomic E-state index is 0.113. The largest absolute Gasteiger partial charge is 0.375 e. The van der Waals surface area contributed by atoms with Crippen LogP contribution in [-0.4, -0.2) is 25.1 Å². The Labute approximate surface area is 122 Å². The molecular weight excluding hydrogens is 324 g/mol. The van der Waals surface area contributed by atoms with Gasteiger partial charge in [0, 0.05) is 11.1 Å². The lowest BCUT2D eigenvalue weighted by atomic mass is 10.3. The molecule has 0 aliphatic heterocycles. The molecule has 0 bridgehead atoms. The molecule has 0 atom stereocenters. The highest BCUT2D eigenvalue weighted by Gasteiger charge is 2.26. The molecule has 6 nitrogen and oxygen atoms in total. The van der Waals surface area contributed by atoms with Crippen LogP contribution in [0.5, 0.6) is 0 Å². The molecule has 1 aromatic carbocycles. The first-order chi connectivity index (χ1) is 9.80. The zero-order valence-corrected chi connectivity index (χ0v) is 11.9. The van der Waals surface area contributed by atoms with E-state index in [1.165, 1.54) is 17.5 Å². The highest BCUT2D eigenvalue weighted by molar-refractivity contribution is 7.91. The number of nitrogen functional groups attached to an aromatic ring is 1. The topological polar surface area (TPSA) is 102 Å². The van der Waals surface area contributed by atoms with Crippen molar-refractivity contribution < 1.29 is 22.0 Å². The maximum atomic E-state index is 12.4. The second-order valence-electron chi connectivity index (χ2n) is 3.86. The van der Waals surface area contributed by atoms with Crippen LogP contribution in [0.15, 0.2) is 34.5 Å². The third-order valence-corrected chi connectivity index (χ3v) is 4.50. The van der Waals surface area contributed by atoms with E-state index >= 15 is 0 Å². The number of halogens is 2. The van der Waals surface area contributed by atoms with Gasteiger partial charge in [0.05, 0.1) is 4.90 Å². The first-order valence-corrected chi connectivity index (χ1v) is 7.88. The normalized spacial score (nSPS) is 11.6. The number of anilines is 2. The van der Waals surface area contributed by atoms with Crippen molar-refractivity contribution in [1.82, 2.24) is 4.98 Å². The smallest absolute Gasteiger partial charge is 0.341 e. The van der Waals surface area contributed by atoms with Gasteiger partial charge < -0.3 is 11.1 Å². The molecule has 1 amide bonds. The zero-order chi connectivity index (χ0) is 15.6. The second-order valence-corrected chi connectivity index (χ2v) is 6.66. The Kier molecular flexibility index (Phi) is 4.19. The van der Waals surface area contributed by atoms with Crippen LogP contribution < -0.4 is 11.1 Å².